The highest BCUT2D eigenvalue weighted by molar-refractivity contribution is 5.78. The Labute approximate surface area is 95.7 Å². The van der Waals surface area contributed by atoms with E-state index in [-0.39, 0.29) is 18.5 Å². The van der Waals surface area contributed by atoms with Crippen molar-refractivity contribution >= 4 is 5.91 Å². The molecule has 0 saturated carbocycles. The van der Waals surface area contributed by atoms with E-state index in [1.807, 2.05) is 30.3 Å². The molecule has 16 heavy (non-hydrogen) atoms. The van der Waals surface area contributed by atoms with Crippen LogP contribution in [0.2, 0.25) is 0 Å². The molecule has 0 aliphatic heterocycles. The van der Waals surface area contributed by atoms with Gasteiger partial charge in [0.2, 0.25) is 5.91 Å². The standard InChI is InChI=1S/C12H18N2O2/c1-9(14(2)11(15)8-13)12(16)10-6-4-3-5-7-10/h3-7,9,12,16H,8,13H2,1-2H3/t9?,12-/m1/s1. The van der Waals surface area contributed by atoms with Crippen LogP contribution in [0.1, 0.15) is 18.6 Å². The van der Waals surface area contributed by atoms with Gasteiger partial charge < -0.3 is 15.7 Å². The lowest BCUT2D eigenvalue weighted by Gasteiger charge is -2.28. The lowest BCUT2D eigenvalue weighted by atomic mass is 10.0. The zero-order valence-corrected chi connectivity index (χ0v) is 9.63. The third-order valence-electron chi connectivity index (χ3n) is 2.78. The third-order valence-corrected chi connectivity index (χ3v) is 2.78. The van der Waals surface area contributed by atoms with Gasteiger partial charge in [-0.1, -0.05) is 30.3 Å². The van der Waals surface area contributed by atoms with Crippen LogP contribution in [0.5, 0.6) is 0 Å². The second-order valence-corrected chi connectivity index (χ2v) is 3.80. The van der Waals surface area contributed by atoms with Crippen molar-refractivity contribution in [3.63, 3.8) is 0 Å². The number of aliphatic hydroxyl groups is 1. The Hall–Kier alpha value is -1.39. The van der Waals surface area contributed by atoms with E-state index < -0.39 is 6.10 Å². The first-order valence-electron chi connectivity index (χ1n) is 5.26. The molecule has 4 nitrogen and oxygen atoms in total. The van der Waals surface area contributed by atoms with E-state index in [2.05, 4.69) is 0 Å². The Kier molecular flexibility index (Phi) is 4.46. The van der Waals surface area contributed by atoms with Crippen LogP contribution in [0.15, 0.2) is 30.3 Å². The average Bonchev–Trinajstić information content (AvgIpc) is 2.36. The van der Waals surface area contributed by atoms with Crippen molar-refractivity contribution in [2.24, 2.45) is 5.73 Å². The van der Waals surface area contributed by atoms with Gasteiger partial charge in [-0.15, -0.1) is 0 Å². The molecule has 0 spiro atoms. The Bertz CT molecular complexity index is 340. The SMILES string of the molecule is CC([C@@H](O)c1ccccc1)N(C)C(=O)CN. The maximum atomic E-state index is 11.4. The van der Waals surface area contributed by atoms with Crippen LogP contribution in [0.25, 0.3) is 0 Å². The van der Waals surface area contributed by atoms with Gasteiger partial charge >= 0.3 is 0 Å². The lowest BCUT2D eigenvalue weighted by molar-refractivity contribution is -0.132. The van der Waals surface area contributed by atoms with Gasteiger partial charge in [0.25, 0.3) is 0 Å². The van der Waals surface area contributed by atoms with Crippen LogP contribution < -0.4 is 5.73 Å². The number of carbonyl (C=O) groups excluding carboxylic acids is 1. The summed E-state index contributed by atoms with van der Waals surface area (Å²) < 4.78 is 0. The molecule has 3 N–H and O–H groups in total. The molecule has 1 amide bonds. The number of carbonyl (C=O) groups is 1. The molecule has 0 radical (unpaired) electrons. The molecule has 0 aliphatic carbocycles. The highest BCUT2D eigenvalue weighted by Gasteiger charge is 2.22. The molecule has 1 rings (SSSR count). The van der Waals surface area contributed by atoms with Gasteiger partial charge in [0.1, 0.15) is 0 Å². The monoisotopic (exact) mass is 222 g/mol. The van der Waals surface area contributed by atoms with Crippen molar-refractivity contribution in [3.8, 4) is 0 Å². The Morgan fingerprint density at radius 3 is 2.50 bits per heavy atom. The summed E-state index contributed by atoms with van der Waals surface area (Å²) in [4.78, 5) is 12.8. The van der Waals surface area contributed by atoms with Gasteiger partial charge in [-0.3, -0.25) is 4.79 Å². The second kappa shape index (κ2) is 5.63. The van der Waals surface area contributed by atoms with E-state index in [4.69, 9.17) is 5.73 Å². The van der Waals surface area contributed by atoms with E-state index in [1.165, 1.54) is 4.90 Å². The first-order valence-corrected chi connectivity index (χ1v) is 5.26. The highest BCUT2D eigenvalue weighted by atomic mass is 16.3. The molecule has 1 aromatic rings. The van der Waals surface area contributed by atoms with Gasteiger partial charge in [0.15, 0.2) is 0 Å². The van der Waals surface area contributed by atoms with E-state index in [0.717, 1.165) is 5.56 Å². The number of hydrogen-bond donors (Lipinski definition) is 2. The number of hydrogen-bond acceptors (Lipinski definition) is 3. The third kappa shape index (κ3) is 2.81. The van der Waals surface area contributed by atoms with Crippen molar-refractivity contribution in [1.82, 2.24) is 4.90 Å². The Morgan fingerprint density at radius 2 is 2.00 bits per heavy atom. The molecule has 88 valence electrons. The summed E-state index contributed by atoms with van der Waals surface area (Å²) in [6.45, 7) is 1.76. The summed E-state index contributed by atoms with van der Waals surface area (Å²) in [6, 6.07) is 8.98. The van der Waals surface area contributed by atoms with Crippen molar-refractivity contribution < 1.29 is 9.90 Å². The molecule has 0 heterocycles. The minimum atomic E-state index is -0.693. The molecule has 0 bridgehead atoms. The quantitative estimate of drug-likeness (QED) is 0.780. The fourth-order valence-corrected chi connectivity index (χ4v) is 1.51. The molecule has 2 atom stereocenters. The average molecular weight is 222 g/mol. The molecule has 0 saturated heterocycles. The molecule has 0 aromatic heterocycles. The molecular weight excluding hydrogens is 204 g/mol. The van der Waals surface area contributed by atoms with Crippen molar-refractivity contribution in [2.75, 3.05) is 13.6 Å². The summed E-state index contributed by atoms with van der Waals surface area (Å²) >= 11 is 0. The smallest absolute Gasteiger partial charge is 0.236 e. The van der Waals surface area contributed by atoms with Crippen LogP contribution >= 0.6 is 0 Å². The van der Waals surface area contributed by atoms with Gasteiger partial charge in [-0.2, -0.15) is 0 Å². The van der Waals surface area contributed by atoms with E-state index >= 15 is 0 Å². The van der Waals surface area contributed by atoms with Gasteiger partial charge in [-0.25, -0.2) is 0 Å². The number of amides is 1. The van der Waals surface area contributed by atoms with Crippen LogP contribution in [0.4, 0.5) is 0 Å². The number of likely N-dealkylation sites (N-methyl/N-ethyl adjacent to an activating group) is 1. The van der Waals surface area contributed by atoms with Crippen molar-refractivity contribution in [1.29, 1.82) is 0 Å². The summed E-state index contributed by atoms with van der Waals surface area (Å²) in [7, 11) is 1.64. The number of benzene rings is 1. The number of rotatable bonds is 4. The van der Waals surface area contributed by atoms with Crippen LogP contribution in [0.3, 0.4) is 0 Å². The molecule has 0 aliphatic rings. The molecular formula is C12H18N2O2. The number of aliphatic hydroxyl groups excluding tert-OH is 1. The van der Waals surface area contributed by atoms with Crippen LogP contribution in [-0.2, 0) is 4.79 Å². The van der Waals surface area contributed by atoms with E-state index in [0.29, 0.717) is 0 Å². The number of nitrogens with zero attached hydrogens (tertiary/aromatic N) is 1. The predicted molar refractivity (Wildman–Crippen MR) is 62.7 cm³/mol. The van der Waals surface area contributed by atoms with Crippen molar-refractivity contribution in [2.45, 2.75) is 19.1 Å². The van der Waals surface area contributed by atoms with Gasteiger partial charge in [0, 0.05) is 7.05 Å². The van der Waals surface area contributed by atoms with Gasteiger partial charge in [-0.05, 0) is 12.5 Å². The summed E-state index contributed by atoms with van der Waals surface area (Å²) in [5, 5.41) is 10.1. The largest absolute Gasteiger partial charge is 0.386 e. The zero-order valence-electron chi connectivity index (χ0n) is 9.63. The Balaban J connectivity index is 2.74. The summed E-state index contributed by atoms with van der Waals surface area (Å²) in [5.41, 5.74) is 6.07. The maximum absolute atomic E-state index is 11.4. The molecule has 1 aromatic carbocycles. The van der Waals surface area contributed by atoms with Crippen molar-refractivity contribution in [3.05, 3.63) is 35.9 Å². The van der Waals surface area contributed by atoms with E-state index in [9.17, 15) is 9.90 Å². The highest BCUT2D eigenvalue weighted by Crippen LogP contribution is 2.19. The fraction of sp³-hybridized carbons (Fsp3) is 0.417. The van der Waals surface area contributed by atoms with E-state index in [1.54, 1.807) is 14.0 Å². The first-order chi connectivity index (χ1) is 7.57. The molecule has 0 fully saturated rings. The first kappa shape index (κ1) is 12.7. The fourth-order valence-electron chi connectivity index (χ4n) is 1.51. The van der Waals surface area contributed by atoms with Crippen LogP contribution in [-0.4, -0.2) is 35.5 Å². The molecule has 4 heteroatoms. The van der Waals surface area contributed by atoms with Crippen LogP contribution in [0, 0.1) is 0 Å². The predicted octanol–water partition coefficient (Wildman–Crippen LogP) is 0.526. The van der Waals surface area contributed by atoms with Gasteiger partial charge in [0.05, 0.1) is 18.7 Å². The molecule has 1 unspecified atom stereocenters. The minimum Gasteiger partial charge on any atom is -0.386 e. The topological polar surface area (TPSA) is 66.6 Å². The number of nitrogens with two attached hydrogens (primary N) is 1. The second-order valence-electron chi connectivity index (χ2n) is 3.80. The minimum absolute atomic E-state index is 0.0393. The maximum Gasteiger partial charge on any atom is 0.236 e. The summed E-state index contributed by atoms with van der Waals surface area (Å²) in [5.74, 6) is -0.178. The normalized spacial score (nSPS) is 14.2. The summed E-state index contributed by atoms with van der Waals surface area (Å²) in [6.07, 6.45) is -0.693. The lowest BCUT2D eigenvalue weighted by Crippen LogP contribution is -2.42. The Morgan fingerprint density at radius 1 is 1.44 bits per heavy atom. The zero-order chi connectivity index (χ0) is 12.1.